The SMILES string of the molecule is CNc1cc(Nc2cccn([C@@H]3[C@@H]4COC[C@@H]43)c2=O)nc2c(C(=O)NC3CC3OC)cnn12. The van der Waals surface area contributed by atoms with Crippen LogP contribution >= 0.6 is 0 Å². The molecule has 0 aromatic carbocycles. The Kier molecular flexibility index (Phi) is 4.63. The van der Waals surface area contributed by atoms with E-state index in [1.165, 1.54) is 6.20 Å². The first kappa shape index (κ1) is 20.2. The van der Waals surface area contributed by atoms with E-state index in [1.807, 2.05) is 12.3 Å². The van der Waals surface area contributed by atoms with Gasteiger partial charge in [-0.05, 0) is 18.6 Å². The minimum absolute atomic E-state index is 0.00219. The van der Waals surface area contributed by atoms with E-state index in [4.69, 9.17) is 9.47 Å². The first-order valence-corrected chi connectivity index (χ1v) is 11.0. The lowest BCUT2D eigenvalue weighted by atomic mass is 10.3. The van der Waals surface area contributed by atoms with Gasteiger partial charge in [0.1, 0.15) is 22.9 Å². The van der Waals surface area contributed by atoms with Crippen molar-refractivity contribution in [2.75, 3.05) is 38.0 Å². The van der Waals surface area contributed by atoms with E-state index >= 15 is 0 Å². The molecule has 5 atom stereocenters. The number of nitrogens with zero attached hydrogens (tertiary/aromatic N) is 4. The van der Waals surface area contributed by atoms with Crippen molar-refractivity contribution in [1.29, 1.82) is 0 Å². The number of carbonyl (C=O) groups excluding carboxylic acids is 1. The van der Waals surface area contributed by atoms with Gasteiger partial charge in [0.05, 0.1) is 31.6 Å². The molecule has 1 amide bonds. The van der Waals surface area contributed by atoms with Crippen molar-refractivity contribution in [3.05, 3.63) is 46.5 Å². The summed E-state index contributed by atoms with van der Waals surface area (Å²) in [6.45, 7) is 1.42. The van der Waals surface area contributed by atoms with Crippen molar-refractivity contribution < 1.29 is 14.3 Å². The second-order valence-corrected chi connectivity index (χ2v) is 8.78. The van der Waals surface area contributed by atoms with Crippen molar-refractivity contribution in [3.8, 4) is 0 Å². The maximum atomic E-state index is 13.1. The number of carbonyl (C=O) groups is 1. The maximum absolute atomic E-state index is 13.1. The highest BCUT2D eigenvalue weighted by Crippen LogP contribution is 2.53. The van der Waals surface area contributed by atoms with Gasteiger partial charge < -0.3 is 30.0 Å². The van der Waals surface area contributed by atoms with Gasteiger partial charge in [0, 0.05) is 44.3 Å². The molecule has 1 saturated heterocycles. The van der Waals surface area contributed by atoms with Gasteiger partial charge in [-0.25, -0.2) is 4.98 Å². The minimum atomic E-state index is -0.259. The molecule has 0 bridgehead atoms. The van der Waals surface area contributed by atoms with E-state index in [2.05, 4.69) is 26.0 Å². The van der Waals surface area contributed by atoms with Crippen molar-refractivity contribution >= 4 is 28.9 Å². The molecule has 2 saturated carbocycles. The summed E-state index contributed by atoms with van der Waals surface area (Å²) < 4.78 is 14.1. The van der Waals surface area contributed by atoms with Gasteiger partial charge >= 0.3 is 0 Å². The van der Waals surface area contributed by atoms with Crippen LogP contribution in [0.3, 0.4) is 0 Å². The molecular weight excluding hydrogens is 426 g/mol. The molecule has 1 aliphatic heterocycles. The fourth-order valence-corrected chi connectivity index (χ4v) is 4.80. The third-order valence-corrected chi connectivity index (χ3v) is 6.79. The normalized spacial score (nSPS) is 27.3. The molecular formula is C22H25N7O4. The lowest BCUT2D eigenvalue weighted by Crippen LogP contribution is -2.28. The Bertz CT molecular complexity index is 1290. The predicted molar refractivity (Wildman–Crippen MR) is 120 cm³/mol. The van der Waals surface area contributed by atoms with Crippen LogP contribution in [0.5, 0.6) is 0 Å². The highest BCUT2D eigenvalue weighted by Gasteiger charge is 2.55. The number of ether oxygens (including phenoxy) is 2. The number of amides is 1. The smallest absolute Gasteiger partial charge is 0.274 e. The molecule has 33 heavy (non-hydrogen) atoms. The van der Waals surface area contributed by atoms with Crippen LogP contribution in [-0.2, 0) is 9.47 Å². The largest absolute Gasteiger partial charge is 0.381 e. The molecule has 3 fully saturated rings. The average Bonchev–Trinajstić information content (AvgIpc) is 3.58. The summed E-state index contributed by atoms with van der Waals surface area (Å²) in [7, 11) is 3.39. The van der Waals surface area contributed by atoms with Crippen LogP contribution in [0.2, 0.25) is 0 Å². The number of pyridine rings is 1. The Morgan fingerprint density at radius 2 is 2.12 bits per heavy atom. The van der Waals surface area contributed by atoms with Gasteiger partial charge in [0.25, 0.3) is 11.5 Å². The summed E-state index contributed by atoms with van der Waals surface area (Å²) in [5.41, 5.74) is 1.07. The quantitative estimate of drug-likeness (QED) is 0.486. The van der Waals surface area contributed by atoms with Crippen molar-refractivity contribution in [2.24, 2.45) is 11.8 Å². The van der Waals surface area contributed by atoms with Crippen LogP contribution in [0.25, 0.3) is 5.65 Å². The van der Waals surface area contributed by atoms with E-state index in [-0.39, 0.29) is 29.7 Å². The molecule has 3 aliphatic rings. The average molecular weight is 451 g/mol. The second-order valence-electron chi connectivity index (χ2n) is 8.78. The molecule has 3 N–H and O–H groups in total. The number of fused-ring (bicyclic) bond motifs is 2. The summed E-state index contributed by atoms with van der Waals surface area (Å²) in [6, 6.07) is 5.54. The number of hydrogen-bond donors (Lipinski definition) is 3. The van der Waals surface area contributed by atoms with E-state index in [0.29, 0.717) is 53.6 Å². The number of hydrogen-bond acceptors (Lipinski definition) is 8. The predicted octanol–water partition coefficient (Wildman–Crippen LogP) is 1.01. The number of anilines is 3. The molecule has 4 heterocycles. The Labute approximate surface area is 189 Å². The Balaban J connectivity index is 1.31. The lowest BCUT2D eigenvalue weighted by molar-refractivity contribution is 0.0936. The third kappa shape index (κ3) is 3.35. The molecule has 0 radical (unpaired) electrons. The van der Waals surface area contributed by atoms with E-state index < -0.39 is 0 Å². The van der Waals surface area contributed by atoms with Gasteiger partial charge in [0.2, 0.25) is 0 Å². The molecule has 0 spiro atoms. The molecule has 11 heteroatoms. The lowest BCUT2D eigenvalue weighted by Gasteiger charge is -2.13. The molecule has 172 valence electrons. The molecule has 2 aliphatic carbocycles. The van der Waals surface area contributed by atoms with Gasteiger partial charge in [-0.1, -0.05) is 0 Å². The molecule has 11 nitrogen and oxygen atoms in total. The Hall–Kier alpha value is -3.44. The summed E-state index contributed by atoms with van der Waals surface area (Å²) >= 11 is 0. The zero-order chi connectivity index (χ0) is 22.7. The first-order chi connectivity index (χ1) is 16.1. The number of methoxy groups -OCH3 is 1. The second kappa shape index (κ2) is 7.56. The van der Waals surface area contributed by atoms with Crippen molar-refractivity contribution in [2.45, 2.75) is 24.6 Å². The Morgan fingerprint density at radius 1 is 1.30 bits per heavy atom. The topological polar surface area (TPSA) is 124 Å². The van der Waals surface area contributed by atoms with Crippen LogP contribution < -0.4 is 21.5 Å². The van der Waals surface area contributed by atoms with E-state index in [0.717, 1.165) is 6.42 Å². The van der Waals surface area contributed by atoms with Crippen LogP contribution in [0, 0.1) is 11.8 Å². The highest BCUT2D eigenvalue weighted by molar-refractivity contribution is 6.00. The maximum Gasteiger partial charge on any atom is 0.274 e. The highest BCUT2D eigenvalue weighted by atomic mass is 16.5. The van der Waals surface area contributed by atoms with Gasteiger partial charge in [-0.2, -0.15) is 9.61 Å². The first-order valence-electron chi connectivity index (χ1n) is 11.0. The zero-order valence-corrected chi connectivity index (χ0v) is 18.3. The zero-order valence-electron chi connectivity index (χ0n) is 18.3. The van der Waals surface area contributed by atoms with Crippen molar-refractivity contribution in [3.63, 3.8) is 0 Å². The molecule has 3 aromatic rings. The fourth-order valence-electron chi connectivity index (χ4n) is 4.80. The van der Waals surface area contributed by atoms with E-state index in [9.17, 15) is 9.59 Å². The standard InChI is InChI=1S/C22H25N7O4/c1-23-18-7-17(25-14-4-3-5-28(22(14)31)19-12-9-33-10-13(12)19)27-20-11(8-24-29(18)20)21(30)26-15-6-16(15)32-2/h3-5,7-8,12-13,15-16,19,23H,6,9-10H2,1-2H3,(H,25,27)(H,26,30)/t12-,13+,15?,16?,19-. The number of nitrogens with one attached hydrogen (secondary N) is 3. The van der Waals surface area contributed by atoms with Gasteiger partial charge in [-0.3, -0.25) is 9.59 Å². The van der Waals surface area contributed by atoms with Crippen LogP contribution in [0.4, 0.5) is 17.3 Å². The summed E-state index contributed by atoms with van der Waals surface area (Å²) in [6.07, 6.45) is 4.16. The molecule has 3 aromatic heterocycles. The monoisotopic (exact) mass is 451 g/mol. The summed E-state index contributed by atoms with van der Waals surface area (Å²) in [5, 5.41) is 13.5. The number of aromatic nitrogens is 4. The summed E-state index contributed by atoms with van der Waals surface area (Å²) in [4.78, 5) is 30.6. The summed E-state index contributed by atoms with van der Waals surface area (Å²) in [5.74, 6) is 1.65. The molecule has 2 unspecified atom stereocenters. The minimum Gasteiger partial charge on any atom is -0.381 e. The van der Waals surface area contributed by atoms with Gasteiger partial charge in [-0.15, -0.1) is 0 Å². The van der Waals surface area contributed by atoms with Gasteiger partial charge in [0.15, 0.2) is 5.65 Å². The van der Waals surface area contributed by atoms with Crippen LogP contribution in [0.15, 0.2) is 35.4 Å². The molecule has 6 rings (SSSR count). The Morgan fingerprint density at radius 3 is 2.85 bits per heavy atom. The van der Waals surface area contributed by atoms with Crippen LogP contribution in [0.1, 0.15) is 22.8 Å². The number of rotatable bonds is 7. The fraction of sp³-hybridized carbons (Fsp3) is 0.455. The van der Waals surface area contributed by atoms with Crippen LogP contribution in [-0.4, -0.2) is 64.6 Å². The van der Waals surface area contributed by atoms with Crippen molar-refractivity contribution in [1.82, 2.24) is 24.5 Å². The third-order valence-electron chi connectivity index (χ3n) is 6.79. The van der Waals surface area contributed by atoms with E-state index in [1.54, 1.807) is 35.4 Å².